The summed E-state index contributed by atoms with van der Waals surface area (Å²) in [7, 11) is 0. The van der Waals surface area contributed by atoms with Crippen molar-refractivity contribution in [2.45, 2.75) is 20.0 Å². The van der Waals surface area contributed by atoms with E-state index in [9.17, 15) is 14.7 Å². The number of likely N-dealkylation sites (N-methyl/N-ethyl adjacent to an activating group) is 1. The summed E-state index contributed by atoms with van der Waals surface area (Å²) in [5, 5.41) is 13.5. The van der Waals surface area contributed by atoms with E-state index >= 15 is 0 Å². The number of hydrogen-bond acceptors (Lipinski definition) is 3. The molecule has 0 spiro atoms. The first kappa shape index (κ1) is 14.8. The molecule has 2 aromatic carbocycles. The van der Waals surface area contributed by atoms with E-state index in [0.717, 1.165) is 5.39 Å². The molecule has 1 atom stereocenters. The van der Waals surface area contributed by atoms with E-state index in [2.05, 4.69) is 5.32 Å². The van der Waals surface area contributed by atoms with Crippen LogP contribution in [-0.4, -0.2) is 29.6 Å². The molecule has 110 valence electrons. The lowest BCUT2D eigenvalue weighted by Gasteiger charge is -2.16. The minimum absolute atomic E-state index is 0.0734. The average Bonchev–Trinajstić information content (AvgIpc) is 2.46. The van der Waals surface area contributed by atoms with Gasteiger partial charge in [-0.2, -0.15) is 0 Å². The fourth-order valence-corrected chi connectivity index (χ4v) is 2.13. The molecule has 1 amide bonds. The Morgan fingerprint density at radius 2 is 1.95 bits per heavy atom. The fourth-order valence-electron chi connectivity index (χ4n) is 2.13. The van der Waals surface area contributed by atoms with Crippen LogP contribution in [0.15, 0.2) is 36.4 Å². The first-order chi connectivity index (χ1) is 10.0. The molecular weight excluding hydrogens is 270 g/mol. The number of nitrogens with one attached hydrogen (secondary N) is 1. The lowest BCUT2D eigenvalue weighted by atomic mass is 10.0. The number of carbonyl (C=O) groups excluding carboxylic acids is 1. The highest BCUT2D eigenvalue weighted by molar-refractivity contribution is 6.06. The van der Waals surface area contributed by atoms with Gasteiger partial charge >= 0.3 is 5.97 Å². The standard InChI is InChI=1S/C16H17NO4/c1-3-17-15(18)10(2)21-13-9-8-11-6-4-5-7-12(11)14(13)16(19)20/h4-10H,3H2,1-2H3,(H,17,18)(H,19,20). The van der Waals surface area contributed by atoms with E-state index in [1.165, 1.54) is 0 Å². The van der Waals surface area contributed by atoms with Gasteiger partial charge in [-0.15, -0.1) is 0 Å². The Morgan fingerprint density at radius 1 is 1.24 bits per heavy atom. The van der Waals surface area contributed by atoms with E-state index < -0.39 is 12.1 Å². The molecule has 5 nitrogen and oxygen atoms in total. The minimum Gasteiger partial charge on any atom is -0.480 e. The molecule has 0 aromatic heterocycles. The molecule has 5 heteroatoms. The Hall–Kier alpha value is -2.56. The van der Waals surface area contributed by atoms with Crippen LogP contribution in [0.5, 0.6) is 5.75 Å². The Balaban J connectivity index is 2.42. The molecule has 0 radical (unpaired) electrons. The van der Waals surface area contributed by atoms with Gasteiger partial charge in [0, 0.05) is 6.54 Å². The SMILES string of the molecule is CCNC(=O)C(C)Oc1ccc2ccccc2c1C(=O)O. The Morgan fingerprint density at radius 3 is 2.62 bits per heavy atom. The van der Waals surface area contributed by atoms with Crippen LogP contribution in [0.25, 0.3) is 10.8 Å². The Labute approximate surface area is 122 Å². The highest BCUT2D eigenvalue weighted by Gasteiger charge is 2.20. The van der Waals surface area contributed by atoms with Crippen LogP contribution in [-0.2, 0) is 4.79 Å². The minimum atomic E-state index is -1.08. The molecule has 2 rings (SSSR count). The van der Waals surface area contributed by atoms with Crippen LogP contribution in [0.1, 0.15) is 24.2 Å². The number of rotatable bonds is 5. The monoisotopic (exact) mass is 287 g/mol. The number of amides is 1. The zero-order chi connectivity index (χ0) is 15.4. The van der Waals surface area contributed by atoms with Crippen LogP contribution in [0.3, 0.4) is 0 Å². The van der Waals surface area contributed by atoms with E-state index in [1.807, 2.05) is 19.1 Å². The van der Waals surface area contributed by atoms with Crippen molar-refractivity contribution >= 4 is 22.6 Å². The van der Waals surface area contributed by atoms with Gasteiger partial charge in [0.15, 0.2) is 6.10 Å². The summed E-state index contributed by atoms with van der Waals surface area (Å²) in [4.78, 5) is 23.2. The molecule has 0 saturated heterocycles. The van der Waals surface area contributed by atoms with Crippen LogP contribution >= 0.6 is 0 Å². The van der Waals surface area contributed by atoms with Crippen LogP contribution in [0, 0.1) is 0 Å². The van der Waals surface area contributed by atoms with Gasteiger partial charge in [0.2, 0.25) is 0 Å². The highest BCUT2D eigenvalue weighted by atomic mass is 16.5. The molecular formula is C16H17NO4. The zero-order valence-electron chi connectivity index (χ0n) is 11.9. The second-order valence-electron chi connectivity index (χ2n) is 4.62. The smallest absolute Gasteiger partial charge is 0.340 e. The highest BCUT2D eigenvalue weighted by Crippen LogP contribution is 2.28. The molecule has 2 aromatic rings. The van der Waals surface area contributed by atoms with Crippen molar-refractivity contribution < 1.29 is 19.4 Å². The molecule has 0 saturated carbocycles. The maximum absolute atomic E-state index is 11.7. The van der Waals surface area contributed by atoms with Crippen LogP contribution in [0.4, 0.5) is 0 Å². The summed E-state index contributed by atoms with van der Waals surface area (Å²) in [5.41, 5.74) is 0.0734. The van der Waals surface area contributed by atoms with Crippen LogP contribution in [0.2, 0.25) is 0 Å². The number of carboxylic acid groups (broad SMARTS) is 1. The first-order valence-electron chi connectivity index (χ1n) is 6.74. The summed E-state index contributed by atoms with van der Waals surface area (Å²) < 4.78 is 5.54. The summed E-state index contributed by atoms with van der Waals surface area (Å²) in [6.07, 6.45) is -0.760. The third-order valence-corrected chi connectivity index (χ3v) is 3.13. The Bertz CT molecular complexity index is 681. The molecule has 0 bridgehead atoms. The van der Waals surface area contributed by atoms with E-state index in [1.54, 1.807) is 31.2 Å². The van der Waals surface area contributed by atoms with Gasteiger partial charge in [-0.1, -0.05) is 30.3 Å². The van der Waals surface area contributed by atoms with Gasteiger partial charge < -0.3 is 15.2 Å². The molecule has 21 heavy (non-hydrogen) atoms. The number of benzene rings is 2. The molecule has 0 aliphatic carbocycles. The van der Waals surface area contributed by atoms with Gasteiger partial charge in [-0.3, -0.25) is 4.79 Å². The Kier molecular flexibility index (Phi) is 4.42. The third kappa shape index (κ3) is 3.13. The van der Waals surface area contributed by atoms with Gasteiger partial charge in [0.1, 0.15) is 11.3 Å². The first-order valence-corrected chi connectivity index (χ1v) is 6.74. The molecule has 0 aliphatic heterocycles. The second kappa shape index (κ2) is 6.26. The average molecular weight is 287 g/mol. The van der Waals surface area contributed by atoms with Gasteiger partial charge in [0.25, 0.3) is 5.91 Å². The normalized spacial score (nSPS) is 11.9. The summed E-state index contributed by atoms with van der Waals surface area (Å²) >= 11 is 0. The van der Waals surface area contributed by atoms with Crippen molar-refractivity contribution in [3.63, 3.8) is 0 Å². The second-order valence-corrected chi connectivity index (χ2v) is 4.62. The predicted octanol–water partition coefficient (Wildman–Crippen LogP) is 2.44. The van der Waals surface area contributed by atoms with E-state index in [0.29, 0.717) is 11.9 Å². The zero-order valence-corrected chi connectivity index (χ0v) is 11.9. The number of ether oxygens (including phenoxy) is 1. The lowest BCUT2D eigenvalue weighted by Crippen LogP contribution is -2.36. The van der Waals surface area contributed by atoms with Gasteiger partial charge in [-0.25, -0.2) is 4.79 Å². The number of fused-ring (bicyclic) bond motifs is 1. The van der Waals surface area contributed by atoms with E-state index in [-0.39, 0.29) is 17.2 Å². The van der Waals surface area contributed by atoms with Crippen molar-refractivity contribution in [2.24, 2.45) is 0 Å². The van der Waals surface area contributed by atoms with E-state index in [4.69, 9.17) is 4.74 Å². The number of carbonyl (C=O) groups is 2. The fraction of sp³-hybridized carbons (Fsp3) is 0.250. The van der Waals surface area contributed by atoms with Gasteiger partial charge in [0.05, 0.1) is 0 Å². The lowest BCUT2D eigenvalue weighted by molar-refractivity contribution is -0.127. The number of carboxylic acids is 1. The van der Waals surface area contributed by atoms with Gasteiger partial charge in [-0.05, 0) is 30.7 Å². The molecule has 0 aliphatic rings. The third-order valence-electron chi connectivity index (χ3n) is 3.13. The molecule has 0 fully saturated rings. The van der Waals surface area contributed by atoms with Crippen molar-refractivity contribution in [2.75, 3.05) is 6.54 Å². The van der Waals surface area contributed by atoms with Crippen molar-refractivity contribution in [3.8, 4) is 5.75 Å². The quantitative estimate of drug-likeness (QED) is 0.885. The largest absolute Gasteiger partial charge is 0.480 e. The van der Waals surface area contributed by atoms with Crippen molar-refractivity contribution in [3.05, 3.63) is 42.0 Å². The summed E-state index contributed by atoms with van der Waals surface area (Å²) in [5.74, 6) is -1.16. The molecule has 2 N–H and O–H groups in total. The number of hydrogen-bond donors (Lipinski definition) is 2. The maximum atomic E-state index is 11.7. The summed E-state index contributed by atoms with van der Waals surface area (Å²) in [6, 6.07) is 10.5. The van der Waals surface area contributed by atoms with Crippen molar-refractivity contribution in [1.82, 2.24) is 5.32 Å². The molecule has 1 unspecified atom stereocenters. The van der Waals surface area contributed by atoms with Crippen molar-refractivity contribution in [1.29, 1.82) is 0 Å². The molecule has 0 heterocycles. The predicted molar refractivity (Wildman–Crippen MR) is 79.7 cm³/mol. The number of aromatic carboxylic acids is 1. The topological polar surface area (TPSA) is 75.6 Å². The van der Waals surface area contributed by atoms with Crippen LogP contribution < -0.4 is 10.1 Å². The maximum Gasteiger partial charge on any atom is 0.340 e. The summed E-state index contributed by atoms with van der Waals surface area (Å²) in [6.45, 7) is 3.89.